The van der Waals surface area contributed by atoms with Crippen LogP contribution in [0, 0.1) is 5.92 Å². The summed E-state index contributed by atoms with van der Waals surface area (Å²) in [6.07, 6.45) is 3.60. The Morgan fingerprint density at radius 3 is 2.78 bits per heavy atom. The zero-order valence-electron chi connectivity index (χ0n) is 13.8. The molecule has 0 radical (unpaired) electrons. The summed E-state index contributed by atoms with van der Waals surface area (Å²) in [7, 11) is 2.00. The number of benzene rings is 1. The molecule has 0 atom stereocenters. The van der Waals surface area contributed by atoms with Crippen molar-refractivity contribution in [3.8, 4) is 0 Å². The van der Waals surface area contributed by atoms with Crippen LogP contribution >= 0.6 is 0 Å². The van der Waals surface area contributed by atoms with Gasteiger partial charge in [-0.1, -0.05) is 25.1 Å². The molecule has 4 heteroatoms. The third kappa shape index (κ3) is 2.33. The first-order valence-corrected chi connectivity index (χ1v) is 8.55. The van der Waals surface area contributed by atoms with Crippen LogP contribution in [0.3, 0.4) is 0 Å². The lowest BCUT2D eigenvalue weighted by molar-refractivity contribution is 0.0946. The van der Waals surface area contributed by atoms with E-state index < -0.39 is 0 Å². The van der Waals surface area contributed by atoms with Crippen LogP contribution in [0.5, 0.6) is 0 Å². The molecule has 2 heterocycles. The molecular weight excluding hydrogens is 286 g/mol. The molecule has 23 heavy (non-hydrogen) atoms. The summed E-state index contributed by atoms with van der Waals surface area (Å²) in [5.74, 6) is 0.819. The van der Waals surface area contributed by atoms with Crippen molar-refractivity contribution in [2.24, 2.45) is 13.0 Å². The van der Waals surface area contributed by atoms with E-state index in [2.05, 4.69) is 47.1 Å². The second-order valence-electron chi connectivity index (χ2n) is 6.65. The third-order valence-electron chi connectivity index (χ3n) is 4.86. The van der Waals surface area contributed by atoms with Gasteiger partial charge in [0.05, 0.1) is 16.6 Å². The Morgan fingerprint density at radius 2 is 2.04 bits per heavy atom. The van der Waals surface area contributed by atoms with Crippen molar-refractivity contribution in [2.75, 3.05) is 6.54 Å². The van der Waals surface area contributed by atoms with Gasteiger partial charge in [-0.3, -0.25) is 4.79 Å². The lowest BCUT2D eigenvalue weighted by Gasteiger charge is -2.06. The molecule has 4 rings (SSSR count). The first-order chi connectivity index (χ1) is 11.2. The lowest BCUT2D eigenvalue weighted by atomic mass is 10.2. The number of aromatic nitrogens is 2. The molecule has 1 fully saturated rings. The molecule has 2 aromatic heterocycles. The van der Waals surface area contributed by atoms with Crippen LogP contribution in [0.15, 0.2) is 30.3 Å². The molecule has 0 aliphatic heterocycles. The minimum atomic E-state index is 0.0209. The highest BCUT2D eigenvalue weighted by atomic mass is 16.1. The van der Waals surface area contributed by atoms with Crippen molar-refractivity contribution < 1.29 is 4.79 Å². The van der Waals surface area contributed by atoms with Crippen molar-refractivity contribution in [1.82, 2.24) is 14.5 Å². The predicted molar refractivity (Wildman–Crippen MR) is 93.8 cm³/mol. The Kier molecular flexibility index (Phi) is 3.40. The molecule has 1 aromatic carbocycles. The van der Waals surface area contributed by atoms with E-state index in [0.29, 0.717) is 0 Å². The van der Waals surface area contributed by atoms with Crippen LogP contribution < -0.4 is 5.32 Å². The maximum absolute atomic E-state index is 12.4. The zero-order valence-corrected chi connectivity index (χ0v) is 13.8. The monoisotopic (exact) mass is 309 g/mol. The summed E-state index contributed by atoms with van der Waals surface area (Å²) in [4.78, 5) is 12.4. The molecule has 0 spiro atoms. The van der Waals surface area contributed by atoms with Gasteiger partial charge in [-0.25, -0.2) is 0 Å². The molecule has 0 unspecified atom stereocenters. The fraction of sp³-hybridized carbons (Fsp3) is 0.421. The van der Waals surface area contributed by atoms with E-state index in [4.69, 9.17) is 0 Å². The van der Waals surface area contributed by atoms with Crippen LogP contribution in [0.2, 0.25) is 0 Å². The van der Waals surface area contributed by atoms with Gasteiger partial charge >= 0.3 is 0 Å². The highest BCUT2D eigenvalue weighted by molar-refractivity contribution is 6.10. The number of nitrogens with zero attached hydrogens (tertiary/aromatic N) is 2. The van der Waals surface area contributed by atoms with E-state index >= 15 is 0 Å². The molecule has 3 aromatic rings. The first-order valence-electron chi connectivity index (χ1n) is 8.55. The molecule has 1 saturated carbocycles. The Hall–Kier alpha value is -2.23. The van der Waals surface area contributed by atoms with Crippen LogP contribution in [0.4, 0.5) is 0 Å². The maximum atomic E-state index is 12.4. The van der Waals surface area contributed by atoms with Crippen molar-refractivity contribution in [3.63, 3.8) is 0 Å². The van der Waals surface area contributed by atoms with E-state index in [1.165, 1.54) is 34.8 Å². The molecule has 120 valence electrons. The summed E-state index contributed by atoms with van der Waals surface area (Å²) in [5, 5.41) is 4.23. The molecule has 4 nitrogen and oxygen atoms in total. The van der Waals surface area contributed by atoms with Gasteiger partial charge in [-0.2, -0.15) is 0 Å². The number of aryl methyl sites for hydroxylation is 1. The number of fused-ring (bicyclic) bond motifs is 3. The van der Waals surface area contributed by atoms with E-state index in [-0.39, 0.29) is 5.91 Å². The summed E-state index contributed by atoms with van der Waals surface area (Å²) in [5.41, 5.74) is 4.38. The minimum Gasteiger partial charge on any atom is -0.351 e. The fourth-order valence-corrected chi connectivity index (χ4v) is 3.45. The number of rotatable bonds is 5. The van der Waals surface area contributed by atoms with Crippen LogP contribution in [-0.2, 0) is 13.6 Å². The van der Waals surface area contributed by atoms with Gasteiger partial charge in [0, 0.05) is 25.5 Å². The summed E-state index contributed by atoms with van der Waals surface area (Å²) in [6.45, 7) is 3.85. The van der Waals surface area contributed by atoms with Gasteiger partial charge in [-0.15, -0.1) is 0 Å². The van der Waals surface area contributed by atoms with Crippen LogP contribution in [0.25, 0.3) is 21.9 Å². The molecule has 1 aliphatic rings. The normalized spacial score (nSPS) is 14.7. The van der Waals surface area contributed by atoms with E-state index in [1.54, 1.807) is 0 Å². The Morgan fingerprint density at radius 1 is 1.26 bits per heavy atom. The van der Waals surface area contributed by atoms with Crippen molar-refractivity contribution in [1.29, 1.82) is 0 Å². The minimum absolute atomic E-state index is 0.0209. The predicted octanol–water partition coefficient (Wildman–Crippen LogP) is 3.68. The fourth-order valence-electron chi connectivity index (χ4n) is 3.45. The second kappa shape index (κ2) is 5.44. The number of carbonyl (C=O) groups excluding carboxylic acids is 1. The number of carbonyl (C=O) groups is 1. The molecule has 1 amide bonds. The van der Waals surface area contributed by atoms with Gasteiger partial charge in [0.25, 0.3) is 5.91 Å². The van der Waals surface area contributed by atoms with Gasteiger partial charge < -0.3 is 14.5 Å². The molecule has 0 bridgehead atoms. The SMILES string of the molecule is CCCNC(=O)c1cc2c(c3ccccc3n2CC2CC2)n1C. The van der Waals surface area contributed by atoms with E-state index in [9.17, 15) is 4.79 Å². The summed E-state index contributed by atoms with van der Waals surface area (Å²) in [6, 6.07) is 10.6. The Balaban J connectivity index is 1.89. The topological polar surface area (TPSA) is 39.0 Å². The molecule has 0 saturated heterocycles. The maximum Gasteiger partial charge on any atom is 0.267 e. The van der Waals surface area contributed by atoms with Crippen molar-refractivity contribution in [3.05, 3.63) is 36.0 Å². The summed E-state index contributed by atoms with van der Waals surface area (Å²) >= 11 is 0. The number of amides is 1. The average molecular weight is 309 g/mol. The number of hydrogen-bond acceptors (Lipinski definition) is 1. The first kappa shape index (κ1) is 14.4. The Labute approximate surface area is 136 Å². The van der Waals surface area contributed by atoms with Gasteiger partial charge in [0.1, 0.15) is 5.69 Å². The molecule has 1 N–H and O–H groups in total. The van der Waals surface area contributed by atoms with Crippen molar-refractivity contribution in [2.45, 2.75) is 32.7 Å². The van der Waals surface area contributed by atoms with Gasteiger partial charge in [-0.05, 0) is 37.3 Å². The Bertz CT molecular complexity index is 883. The summed E-state index contributed by atoms with van der Waals surface area (Å²) < 4.78 is 4.45. The van der Waals surface area contributed by atoms with Crippen molar-refractivity contribution >= 4 is 27.8 Å². The second-order valence-corrected chi connectivity index (χ2v) is 6.65. The molecule has 1 aliphatic carbocycles. The van der Waals surface area contributed by atoms with Crippen LogP contribution in [-0.4, -0.2) is 21.6 Å². The van der Waals surface area contributed by atoms with Crippen LogP contribution in [0.1, 0.15) is 36.7 Å². The molecular formula is C19H23N3O. The largest absolute Gasteiger partial charge is 0.351 e. The number of hydrogen-bond donors (Lipinski definition) is 1. The standard InChI is InChI=1S/C19H23N3O/c1-3-10-20-19(23)17-11-16-18(21(17)2)14-6-4-5-7-15(14)22(16)12-13-8-9-13/h4-7,11,13H,3,8-10,12H2,1-2H3,(H,20,23). The highest BCUT2D eigenvalue weighted by Gasteiger charge is 2.25. The van der Waals surface area contributed by atoms with E-state index in [0.717, 1.165) is 31.1 Å². The highest BCUT2D eigenvalue weighted by Crippen LogP contribution is 2.36. The zero-order chi connectivity index (χ0) is 16.0. The average Bonchev–Trinajstić information content (AvgIpc) is 3.25. The lowest BCUT2D eigenvalue weighted by Crippen LogP contribution is -2.25. The smallest absolute Gasteiger partial charge is 0.267 e. The third-order valence-corrected chi connectivity index (χ3v) is 4.86. The van der Waals surface area contributed by atoms with Gasteiger partial charge in [0.15, 0.2) is 0 Å². The quantitative estimate of drug-likeness (QED) is 0.767. The number of para-hydroxylation sites is 1. The van der Waals surface area contributed by atoms with Gasteiger partial charge in [0.2, 0.25) is 0 Å². The van der Waals surface area contributed by atoms with E-state index in [1.807, 2.05) is 11.6 Å². The number of nitrogens with one attached hydrogen (secondary N) is 1.